The van der Waals surface area contributed by atoms with Gasteiger partial charge in [-0.1, -0.05) is 0 Å². The van der Waals surface area contributed by atoms with Crippen LogP contribution in [0.15, 0.2) is 30.6 Å². The molecule has 4 nitrogen and oxygen atoms in total. The van der Waals surface area contributed by atoms with Gasteiger partial charge in [0.25, 0.3) is 0 Å². The predicted octanol–water partition coefficient (Wildman–Crippen LogP) is 1.82. The van der Waals surface area contributed by atoms with Crippen molar-refractivity contribution in [2.24, 2.45) is 5.73 Å². The Balaban J connectivity index is 1.89. The summed E-state index contributed by atoms with van der Waals surface area (Å²) in [6.07, 6.45) is 3.19. The van der Waals surface area contributed by atoms with E-state index in [1.165, 1.54) is 0 Å². The van der Waals surface area contributed by atoms with E-state index in [2.05, 4.69) is 9.97 Å². The summed E-state index contributed by atoms with van der Waals surface area (Å²) in [5.41, 5.74) is 6.10. The van der Waals surface area contributed by atoms with Gasteiger partial charge in [-0.05, 0) is 17.7 Å². The Morgan fingerprint density at radius 2 is 1.67 bits per heavy atom. The van der Waals surface area contributed by atoms with Gasteiger partial charge < -0.3 is 10.6 Å². The van der Waals surface area contributed by atoms with E-state index in [-0.39, 0.29) is 5.56 Å². The van der Waals surface area contributed by atoms with Crippen molar-refractivity contribution in [3.8, 4) is 0 Å². The monoisotopic (exact) mass is 294 g/mol. The molecule has 2 heterocycles. The van der Waals surface area contributed by atoms with E-state index in [0.29, 0.717) is 25.1 Å². The fourth-order valence-corrected chi connectivity index (χ4v) is 2.60. The summed E-state index contributed by atoms with van der Waals surface area (Å²) in [6, 6.07) is 2.71. The fourth-order valence-electron chi connectivity index (χ4n) is 2.60. The van der Waals surface area contributed by atoms with Crippen molar-refractivity contribution in [2.45, 2.75) is 12.0 Å². The molecule has 0 amide bonds. The third-order valence-corrected chi connectivity index (χ3v) is 3.64. The largest absolute Gasteiger partial charge is 0.339 e. The molecule has 1 aromatic heterocycles. The second kappa shape index (κ2) is 5.33. The number of anilines is 1. The summed E-state index contributed by atoms with van der Waals surface area (Å²) >= 11 is 0. The Morgan fingerprint density at radius 1 is 1.00 bits per heavy atom. The quantitative estimate of drug-likeness (QED) is 0.859. The molecule has 1 aliphatic heterocycles. The fraction of sp³-hybridized carbons (Fsp3) is 0.286. The van der Waals surface area contributed by atoms with Crippen molar-refractivity contribution in [1.29, 1.82) is 0 Å². The Morgan fingerprint density at radius 3 is 2.38 bits per heavy atom. The van der Waals surface area contributed by atoms with Crippen molar-refractivity contribution < 1.29 is 13.2 Å². The minimum atomic E-state index is -1.20. The van der Waals surface area contributed by atoms with Gasteiger partial charge in [0, 0.05) is 43.5 Å². The number of halogens is 3. The van der Waals surface area contributed by atoms with Crippen LogP contribution in [0, 0.1) is 17.5 Å². The summed E-state index contributed by atoms with van der Waals surface area (Å²) in [4.78, 5) is 10.0. The van der Waals surface area contributed by atoms with E-state index < -0.39 is 29.4 Å². The Bertz CT molecular complexity index is 650. The molecule has 0 unspecified atom stereocenters. The zero-order valence-electron chi connectivity index (χ0n) is 11.0. The lowest BCUT2D eigenvalue weighted by atomic mass is 9.94. The van der Waals surface area contributed by atoms with E-state index in [9.17, 15) is 13.2 Å². The average molecular weight is 294 g/mol. The molecule has 2 N–H and O–H groups in total. The molecular formula is C14H13F3N4. The molecule has 7 heteroatoms. The van der Waals surface area contributed by atoms with Gasteiger partial charge in [0.2, 0.25) is 5.95 Å². The van der Waals surface area contributed by atoms with Gasteiger partial charge in [0.15, 0.2) is 11.6 Å². The van der Waals surface area contributed by atoms with Crippen LogP contribution in [0.3, 0.4) is 0 Å². The predicted molar refractivity (Wildman–Crippen MR) is 71.3 cm³/mol. The van der Waals surface area contributed by atoms with Gasteiger partial charge in [0.1, 0.15) is 5.82 Å². The summed E-state index contributed by atoms with van der Waals surface area (Å²) in [7, 11) is 0. The molecule has 0 bridgehead atoms. The first kappa shape index (κ1) is 13.8. The lowest BCUT2D eigenvalue weighted by Gasteiger charge is -2.16. The van der Waals surface area contributed by atoms with Crippen molar-refractivity contribution in [2.75, 3.05) is 18.0 Å². The number of hydrogen-bond donors (Lipinski definition) is 1. The molecule has 3 rings (SSSR count). The average Bonchev–Trinajstić information content (AvgIpc) is 2.86. The Kier molecular flexibility index (Phi) is 3.50. The van der Waals surface area contributed by atoms with Crippen molar-refractivity contribution in [3.05, 3.63) is 53.6 Å². The highest BCUT2D eigenvalue weighted by atomic mass is 19.2. The van der Waals surface area contributed by atoms with Crippen LogP contribution in [0.4, 0.5) is 19.1 Å². The molecule has 1 aromatic carbocycles. The third kappa shape index (κ3) is 2.56. The number of benzene rings is 1. The van der Waals surface area contributed by atoms with E-state index in [1.54, 1.807) is 23.4 Å². The lowest BCUT2D eigenvalue weighted by molar-refractivity contribution is 0.482. The molecule has 0 saturated carbocycles. The second-order valence-electron chi connectivity index (χ2n) is 5.01. The SMILES string of the molecule is N[C@H]1CN(c2ncccn2)C[C@@H]1c1cc(F)c(F)cc1F. The van der Waals surface area contributed by atoms with E-state index in [4.69, 9.17) is 5.73 Å². The van der Waals surface area contributed by atoms with Crippen molar-refractivity contribution >= 4 is 5.95 Å². The molecule has 2 atom stereocenters. The highest BCUT2D eigenvalue weighted by Crippen LogP contribution is 2.31. The number of hydrogen-bond acceptors (Lipinski definition) is 4. The van der Waals surface area contributed by atoms with Crippen LogP contribution in [0.2, 0.25) is 0 Å². The maximum absolute atomic E-state index is 13.9. The van der Waals surface area contributed by atoms with E-state index >= 15 is 0 Å². The number of nitrogens with zero attached hydrogens (tertiary/aromatic N) is 3. The number of rotatable bonds is 2. The maximum Gasteiger partial charge on any atom is 0.225 e. The van der Waals surface area contributed by atoms with Crippen LogP contribution < -0.4 is 10.6 Å². The van der Waals surface area contributed by atoms with Gasteiger partial charge in [-0.3, -0.25) is 0 Å². The third-order valence-electron chi connectivity index (χ3n) is 3.64. The standard InChI is InChI=1S/C14H13F3N4/c15-10-5-12(17)11(16)4-8(10)9-6-21(7-13(9)18)14-19-2-1-3-20-14/h1-5,9,13H,6-7,18H2/t9-,13+/m1/s1. The van der Waals surface area contributed by atoms with Gasteiger partial charge in [-0.15, -0.1) is 0 Å². The van der Waals surface area contributed by atoms with Crippen LogP contribution in [0.25, 0.3) is 0 Å². The Hall–Kier alpha value is -2.15. The number of aromatic nitrogens is 2. The molecule has 0 radical (unpaired) electrons. The van der Waals surface area contributed by atoms with E-state index in [1.807, 2.05) is 0 Å². The first-order valence-corrected chi connectivity index (χ1v) is 6.48. The van der Waals surface area contributed by atoms with E-state index in [0.717, 1.165) is 6.07 Å². The molecule has 0 aliphatic carbocycles. The molecule has 21 heavy (non-hydrogen) atoms. The van der Waals surface area contributed by atoms with Crippen LogP contribution in [0.5, 0.6) is 0 Å². The van der Waals surface area contributed by atoms with Gasteiger partial charge in [-0.25, -0.2) is 23.1 Å². The molecule has 1 fully saturated rings. The maximum atomic E-state index is 13.9. The summed E-state index contributed by atoms with van der Waals surface area (Å²) in [5.74, 6) is -3.02. The van der Waals surface area contributed by atoms with Crippen LogP contribution in [0.1, 0.15) is 11.5 Å². The zero-order chi connectivity index (χ0) is 15.0. The van der Waals surface area contributed by atoms with Crippen molar-refractivity contribution in [3.63, 3.8) is 0 Å². The van der Waals surface area contributed by atoms with Gasteiger partial charge >= 0.3 is 0 Å². The lowest BCUT2D eigenvalue weighted by Crippen LogP contribution is -2.29. The minimum absolute atomic E-state index is 0.0832. The van der Waals surface area contributed by atoms with Crippen LogP contribution in [-0.4, -0.2) is 29.1 Å². The molecule has 2 aromatic rings. The molecular weight excluding hydrogens is 281 g/mol. The molecule has 1 aliphatic rings. The normalized spacial score (nSPS) is 21.8. The first-order valence-electron chi connectivity index (χ1n) is 6.48. The highest BCUT2D eigenvalue weighted by molar-refractivity contribution is 5.37. The minimum Gasteiger partial charge on any atom is -0.339 e. The second-order valence-corrected chi connectivity index (χ2v) is 5.01. The number of nitrogens with two attached hydrogens (primary N) is 1. The van der Waals surface area contributed by atoms with Crippen molar-refractivity contribution in [1.82, 2.24) is 9.97 Å². The van der Waals surface area contributed by atoms with Crippen LogP contribution >= 0.6 is 0 Å². The summed E-state index contributed by atoms with van der Waals surface area (Å²) in [5, 5.41) is 0. The molecule has 110 valence electrons. The van der Waals surface area contributed by atoms with Gasteiger partial charge in [0.05, 0.1) is 0 Å². The summed E-state index contributed by atoms with van der Waals surface area (Å²) < 4.78 is 40.2. The molecule has 0 spiro atoms. The zero-order valence-corrected chi connectivity index (χ0v) is 11.0. The Labute approximate surface area is 119 Å². The molecule has 1 saturated heterocycles. The topological polar surface area (TPSA) is 55.0 Å². The van der Waals surface area contributed by atoms with Crippen LogP contribution in [-0.2, 0) is 0 Å². The summed E-state index contributed by atoms with van der Waals surface area (Å²) in [6.45, 7) is 0.778. The van der Waals surface area contributed by atoms with Gasteiger partial charge in [-0.2, -0.15) is 0 Å². The smallest absolute Gasteiger partial charge is 0.225 e. The highest BCUT2D eigenvalue weighted by Gasteiger charge is 2.34. The first-order chi connectivity index (χ1) is 10.1.